The molecule has 6 rings (SSSR count). The van der Waals surface area contributed by atoms with E-state index < -0.39 is 0 Å². The molecule has 0 saturated heterocycles. The smallest absolute Gasteiger partial charge is 0.223 e. The fourth-order valence-corrected chi connectivity index (χ4v) is 5.26. The zero-order valence-corrected chi connectivity index (χ0v) is 22.7. The van der Waals surface area contributed by atoms with Crippen molar-refractivity contribution in [2.75, 3.05) is 5.01 Å². The number of aryl methyl sites for hydroxylation is 1. The van der Waals surface area contributed by atoms with Crippen LogP contribution < -0.4 is 5.01 Å². The third-order valence-corrected chi connectivity index (χ3v) is 7.46. The lowest BCUT2D eigenvalue weighted by molar-refractivity contribution is 0.688. The van der Waals surface area contributed by atoms with Crippen molar-refractivity contribution in [1.82, 2.24) is 9.97 Å². The van der Waals surface area contributed by atoms with Gasteiger partial charge in [0.15, 0.2) is 0 Å². The maximum absolute atomic E-state index is 5.11. The molecular weight excluding hydrogens is 576 g/mol. The molecule has 4 aromatic carbocycles. The highest BCUT2D eigenvalue weighted by Gasteiger charge is 2.32. The van der Waals surface area contributed by atoms with Gasteiger partial charge in [0.05, 0.1) is 23.0 Å². The van der Waals surface area contributed by atoms with E-state index in [1.165, 1.54) is 5.56 Å². The molecule has 0 amide bonds. The monoisotopic (exact) mass is 596 g/mol. The average molecular weight is 598 g/mol. The normalized spacial score (nSPS) is 15.4. The van der Waals surface area contributed by atoms with Crippen LogP contribution in [0.4, 0.5) is 5.95 Å². The second kappa shape index (κ2) is 9.60. The van der Waals surface area contributed by atoms with Crippen LogP contribution in [0.5, 0.6) is 0 Å². The number of hydrogen-bond acceptors (Lipinski definition) is 4. The first-order valence-corrected chi connectivity index (χ1v) is 13.4. The highest BCUT2D eigenvalue weighted by atomic mass is 79.9. The van der Waals surface area contributed by atoms with Gasteiger partial charge in [0, 0.05) is 26.3 Å². The van der Waals surface area contributed by atoms with Crippen molar-refractivity contribution in [2.24, 2.45) is 5.10 Å². The molecule has 5 aromatic rings. The zero-order chi connectivity index (χ0) is 24.6. The maximum Gasteiger partial charge on any atom is 0.247 e. The van der Waals surface area contributed by atoms with E-state index in [0.29, 0.717) is 5.95 Å². The Bertz CT molecular complexity index is 1590. The van der Waals surface area contributed by atoms with Crippen molar-refractivity contribution in [1.29, 1.82) is 0 Å². The topological polar surface area (TPSA) is 41.4 Å². The van der Waals surface area contributed by atoms with Gasteiger partial charge in [-0.25, -0.2) is 15.0 Å². The number of para-hydroxylation sites is 1. The number of anilines is 1. The van der Waals surface area contributed by atoms with E-state index in [2.05, 4.69) is 112 Å². The molecule has 2 heterocycles. The van der Waals surface area contributed by atoms with Gasteiger partial charge in [-0.3, -0.25) is 0 Å². The minimum absolute atomic E-state index is 0.0202. The van der Waals surface area contributed by atoms with E-state index in [1.807, 2.05) is 29.3 Å². The molecule has 1 aliphatic rings. The molecule has 36 heavy (non-hydrogen) atoms. The van der Waals surface area contributed by atoms with Crippen molar-refractivity contribution in [3.05, 3.63) is 123 Å². The Kier molecular flexibility index (Phi) is 6.15. The molecule has 0 radical (unpaired) electrons. The Morgan fingerprint density at radius 1 is 0.750 bits per heavy atom. The molecule has 1 aliphatic heterocycles. The van der Waals surface area contributed by atoms with Gasteiger partial charge in [0.25, 0.3) is 0 Å². The van der Waals surface area contributed by atoms with Crippen LogP contribution in [-0.2, 0) is 0 Å². The van der Waals surface area contributed by atoms with Crippen molar-refractivity contribution in [3.63, 3.8) is 0 Å². The van der Waals surface area contributed by atoms with Crippen LogP contribution >= 0.6 is 31.9 Å². The molecule has 4 nitrogen and oxygen atoms in total. The summed E-state index contributed by atoms with van der Waals surface area (Å²) in [7, 11) is 0. The highest BCUT2D eigenvalue weighted by Crippen LogP contribution is 2.38. The van der Waals surface area contributed by atoms with Gasteiger partial charge in [0.2, 0.25) is 5.95 Å². The average Bonchev–Trinajstić information content (AvgIpc) is 3.35. The standard InChI is InChI=1S/C30H22Br2N4/c1-19-9-11-21(12-10-19)29-25-7-2-3-8-26(25)33-30(34-29)36-28(22-5-4-6-24(32)17-22)18-27(35-36)20-13-15-23(31)16-14-20/h2-17,28H,18H2,1H3/t28-/m0/s1. The lowest BCUT2D eigenvalue weighted by Crippen LogP contribution is -2.21. The van der Waals surface area contributed by atoms with Crippen molar-refractivity contribution < 1.29 is 0 Å². The molecular formula is C30H22Br2N4. The summed E-state index contributed by atoms with van der Waals surface area (Å²) in [6.07, 6.45) is 0.758. The van der Waals surface area contributed by atoms with Crippen LogP contribution in [0, 0.1) is 6.92 Å². The molecule has 0 bridgehead atoms. The van der Waals surface area contributed by atoms with E-state index in [-0.39, 0.29) is 6.04 Å². The van der Waals surface area contributed by atoms with Crippen LogP contribution in [0.1, 0.15) is 29.2 Å². The fraction of sp³-hybridized carbons (Fsp3) is 0.100. The Balaban J connectivity index is 1.53. The number of benzene rings is 4. The Morgan fingerprint density at radius 3 is 2.28 bits per heavy atom. The molecule has 1 atom stereocenters. The van der Waals surface area contributed by atoms with Crippen LogP contribution in [-0.4, -0.2) is 15.7 Å². The summed E-state index contributed by atoms with van der Waals surface area (Å²) in [6, 6.07) is 33.4. The maximum atomic E-state index is 5.11. The van der Waals surface area contributed by atoms with Gasteiger partial charge in [-0.05, 0) is 48.4 Å². The first-order valence-electron chi connectivity index (χ1n) is 11.8. The van der Waals surface area contributed by atoms with E-state index in [0.717, 1.165) is 54.4 Å². The number of hydrazone groups is 1. The van der Waals surface area contributed by atoms with Crippen LogP contribution in [0.2, 0.25) is 0 Å². The number of halogens is 2. The zero-order valence-electron chi connectivity index (χ0n) is 19.6. The second-order valence-corrected chi connectivity index (χ2v) is 10.8. The second-order valence-electron chi connectivity index (χ2n) is 8.93. The predicted octanol–water partition coefficient (Wildman–Crippen LogP) is 8.49. The number of nitrogens with zero attached hydrogens (tertiary/aromatic N) is 4. The molecule has 0 N–H and O–H groups in total. The first-order chi connectivity index (χ1) is 17.5. The third-order valence-electron chi connectivity index (χ3n) is 6.44. The largest absolute Gasteiger partial charge is 0.247 e. The molecule has 0 fully saturated rings. The summed E-state index contributed by atoms with van der Waals surface area (Å²) in [4.78, 5) is 10.1. The minimum Gasteiger partial charge on any atom is -0.223 e. The lowest BCUT2D eigenvalue weighted by Gasteiger charge is -2.23. The summed E-state index contributed by atoms with van der Waals surface area (Å²) in [6.45, 7) is 2.10. The Labute approximate surface area is 227 Å². The van der Waals surface area contributed by atoms with Crippen LogP contribution in [0.3, 0.4) is 0 Å². The molecule has 0 spiro atoms. The molecule has 0 aliphatic carbocycles. The highest BCUT2D eigenvalue weighted by molar-refractivity contribution is 9.10. The van der Waals surface area contributed by atoms with Crippen molar-refractivity contribution >= 4 is 54.4 Å². The molecule has 1 aromatic heterocycles. The summed E-state index contributed by atoms with van der Waals surface area (Å²) in [5.41, 5.74) is 7.37. The molecule has 6 heteroatoms. The van der Waals surface area contributed by atoms with Gasteiger partial charge < -0.3 is 0 Å². The SMILES string of the molecule is Cc1ccc(-c2nc(N3N=C(c4ccc(Br)cc4)C[C@H]3c3cccc(Br)c3)nc3ccccc23)cc1. The van der Waals surface area contributed by atoms with E-state index in [9.17, 15) is 0 Å². The van der Waals surface area contributed by atoms with Gasteiger partial charge in [0.1, 0.15) is 0 Å². The summed E-state index contributed by atoms with van der Waals surface area (Å²) in [5, 5.41) is 8.11. The van der Waals surface area contributed by atoms with Gasteiger partial charge in [-0.15, -0.1) is 0 Å². The number of rotatable bonds is 4. The predicted molar refractivity (Wildman–Crippen MR) is 154 cm³/mol. The van der Waals surface area contributed by atoms with E-state index in [4.69, 9.17) is 15.1 Å². The van der Waals surface area contributed by atoms with Crippen molar-refractivity contribution in [2.45, 2.75) is 19.4 Å². The van der Waals surface area contributed by atoms with E-state index in [1.54, 1.807) is 0 Å². The molecule has 0 saturated carbocycles. The van der Waals surface area contributed by atoms with Crippen LogP contribution in [0.15, 0.2) is 111 Å². The third kappa shape index (κ3) is 4.47. The quantitative estimate of drug-likeness (QED) is 0.208. The van der Waals surface area contributed by atoms with Gasteiger partial charge in [-0.1, -0.05) is 104 Å². The minimum atomic E-state index is -0.0202. The summed E-state index contributed by atoms with van der Waals surface area (Å²) >= 11 is 7.18. The number of aromatic nitrogens is 2. The molecule has 0 unspecified atom stereocenters. The summed E-state index contributed by atoms with van der Waals surface area (Å²) in [5.74, 6) is 0.598. The first kappa shape index (κ1) is 23.1. The Hall–Kier alpha value is -3.35. The Morgan fingerprint density at radius 2 is 1.50 bits per heavy atom. The fourth-order valence-electron chi connectivity index (χ4n) is 4.58. The van der Waals surface area contributed by atoms with Gasteiger partial charge >= 0.3 is 0 Å². The molecule has 176 valence electrons. The van der Waals surface area contributed by atoms with E-state index >= 15 is 0 Å². The van der Waals surface area contributed by atoms with Crippen LogP contribution in [0.25, 0.3) is 22.2 Å². The number of hydrogen-bond donors (Lipinski definition) is 0. The number of fused-ring (bicyclic) bond motifs is 1. The van der Waals surface area contributed by atoms with Gasteiger partial charge in [-0.2, -0.15) is 5.10 Å². The lowest BCUT2D eigenvalue weighted by atomic mass is 9.98. The summed E-state index contributed by atoms with van der Waals surface area (Å²) < 4.78 is 2.09. The van der Waals surface area contributed by atoms with Crippen molar-refractivity contribution in [3.8, 4) is 11.3 Å².